The van der Waals surface area contributed by atoms with Gasteiger partial charge in [0.2, 0.25) is 0 Å². The van der Waals surface area contributed by atoms with Crippen molar-refractivity contribution in [1.29, 1.82) is 0 Å². The number of nitrogens with one attached hydrogen (secondary N) is 1. The summed E-state index contributed by atoms with van der Waals surface area (Å²) in [6.45, 7) is 1.26. The highest BCUT2D eigenvalue weighted by atomic mass is 16.1. The number of aromatic nitrogens is 1. The number of rotatable bonds is 1. The Morgan fingerprint density at radius 2 is 2.33 bits per heavy atom. The molecule has 0 fully saturated rings. The predicted octanol–water partition coefficient (Wildman–Crippen LogP) is 1.01. The first-order chi connectivity index (χ1) is 5.70. The average Bonchev–Trinajstić information content (AvgIpc) is 2.03. The number of H-pyrrole nitrogens is 1. The lowest BCUT2D eigenvalue weighted by molar-refractivity contribution is -0.116. The Morgan fingerprint density at radius 3 is 2.92 bits per heavy atom. The van der Waals surface area contributed by atoms with Crippen LogP contribution in [0, 0.1) is 0 Å². The van der Waals surface area contributed by atoms with E-state index in [2.05, 4.69) is 15.2 Å². The van der Waals surface area contributed by atoms with Crippen molar-refractivity contribution >= 4 is 11.6 Å². The second kappa shape index (κ2) is 3.56. The molecule has 0 bridgehead atoms. The molecule has 0 saturated carbocycles. The molecule has 0 aliphatic carbocycles. The third kappa shape index (κ3) is 2.12. The normalized spacial score (nSPS) is 10.4. The molecule has 1 aromatic rings. The highest BCUT2D eigenvalue weighted by Gasteiger charge is 1.94. The zero-order chi connectivity index (χ0) is 8.97. The molecule has 0 saturated heterocycles. The van der Waals surface area contributed by atoms with Gasteiger partial charge in [0.25, 0.3) is 11.5 Å². The molecule has 5 heteroatoms. The van der Waals surface area contributed by atoms with E-state index in [4.69, 9.17) is 0 Å². The van der Waals surface area contributed by atoms with Gasteiger partial charge in [-0.05, 0) is 12.1 Å². The van der Waals surface area contributed by atoms with Crippen molar-refractivity contribution in [2.24, 2.45) is 10.2 Å². The molecule has 0 radical (unpaired) electrons. The van der Waals surface area contributed by atoms with E-state index < -0.39 is 5.91 Å². The van der Waals surface area contributed by atoms with Crippen LogP contribution in [0.15, 0.2) is 33.4 Å². The van der Waals surface area contributed by atoms with Crippen LogP contribution in [0.4, 0.5) is 5.69 Å². The van der Waals surface area contributed by atoms with Crippen LogP contribution in [0.5, 0.6) is 0 Å². The summed E-state index contributed by atoms with van der Waals surface area (Å²) in [5.74, 6) is -0.432. The number of carbonyl (C=O) groups excluding carboxylic acids is 1. The van der Waals surface area contributed by atoms with Crippen LogP contribution in [0.2, 0.25) is 0 Å². The van der Waals surface area contributed by atoms with Crippen LogP contribution in [0.25, 0.3) is 0 Å². The lowest BCUT2D eigenvalue weighted by Crippen LogP contribution is -2.02. The molecule has 1 N–H and O–H groups in total. The van der Waals surface area contributed by atoms with Crippen molar-refractivity contribution in [1.82, 2.24) is 4.98 Å². The van der Waals surface area contributed by atoms with Gasteiger partial charge in [-0.15, -0.1) is 10.2 Å². The van der Waals surface area contributed by atoms with Crippen molar-refractivity contribution in [2.75, 3.05) is 0 Å². The first-order valence-electron chi connectivity index (χ1n) is 3.30. The number of hydrogen-bond donors (Lipinski definition) is 1. The average molecular weight is 165 g/mol. The molecule has 0 unspecified atom stereocenters. The summed E-state index contributed by atoms with van der Waals surface area (Å²) >= 11 is 0. The monoisotopic (exact) mass is 165 g/mol. The van der Waals surface area contributed by atoms with Gasteiger partial charge in [-0.2, -0.15) is 0 Å². The van der Waals surface area contributed by atoms with Gasteiger partial charge in [-0.1, -0.05) is 0 Å². The standard InChI is InChI=1S/C7H7N3O2/c1-5(11)9-10-6-3-2-4-8-7(6)12/h2-4H,1H3,(H,8,12). The van der Waals surface area contributed by atoms with Crippen molar-refractivity contribution < 1.29 is 4.79 Å². The first kappa shape index (κ1) is 8.32. The quantitative estimate of drug-likeness (QED) is 0.630. The van der Waals surface area contributed by atoms with Crippen LogP contribution >= 0.6 is 0 Å². The topological polar surface area (TPSA) is 74.7 Å². The molecule has 0 aliphatic heterocycles. The molecule has 62 valence electrons. The summed E-state index contributed by atoms with van der Waals surface area (Å²) in [6, 6.07) is 3.08. The molecule has 0 spiro atoms. The number of amides is 1. The molecule has 5 nitrogen and oxygen atoms in total. The minimum Gasteiger partial charge on any atom is -0.327 e. The molecular formula is C7H7N3O2. The SMILES string of the molecule is CC(=O)N=Nc1ccc[nH]c1=O. The number of hydrogen-bond acceptors (Lipinski definition) is 3. The van der Waals surface area contributed by atoms with Gasteiger partial charge in [0.15, 0.2) is 5.69 Å². The summed E-state index contributed by atoms with van der Waals surface area (Å²) in [6.07, 6.45) is 1.48. The second-order valence-electron chi connectivity index (χ2n) is 2.10. The summed E-state index contributed by atoms with van der Waals surface area (Å²) < 4.78 is 0. The first-order valence-corrected chi connectivity index (χ1v) is 3.30. The minimum absolute atomic E-state index is 0.132. The number of carbonyl (C=O) groups is 1. The van der Waals surface area contributed by atoms with E-state index in [1.54, 1.807) is 6.07 Å². The van der Waals surface area contributed by atoms with E-state index in [1.165, 1.54) is 19.2 Å². The van der Waals surface area contributed by atoms with Crippen LogP contribution < -0.4 is 5.56 Å². The number of azo groups is 1. The number of nitrogens with zero attached hydrogens (tertiary/aromatic N) is 2. The second-order valence-corrected chi connectivity index (χ2v) is 2.10. The summed E-state index contributed by atoms with van der Waals surface area (Å²) in [7, 11) is 0. The maximum atomic E-state index is 10.9. The van der Waals surface area contributed by atoms with Crippen LogP contribution in [-0.2, 0) is 4.79 Å². The van der Waals surface area contributed by atoms with Gasteiger partial charge in [-0.3, -0.25) is 9.59 Å². The molecule has 0 aromatic carbocycles. The van der Waals surface area contributed by atoms with E-state index in [-0.39, 0.29) is 11.2 Å². The third-order valence-electron chi connectivity index (χ3n) is 1.10. The summed E-state index contributed by atoms with van der Waals surface area (Å²) in [5, 5.41) is 6.66. The molecule has 1 rings (SSSR count). The maximum absolute atomic E-state index is 10.9. The van der Waals surface area contributed by atoms with Gasteiger partial charge >= 0.3 is 0 Å². The molecule has 0 aliphatic rings. The van der Waals surface area contributed by atoms with E-state index >= 15 is 0 Å². The Bertz CT molecular complexity index is 367. The molecule has 12 heavy (non-hydrogen) atoms. The predicted molar refractivity (Wildman–Crippen MR) is 42.3 cm³/mol. The van der Waals surface area contributed by atoms with E-state index in [0.717, 1.165) is 0 Å². The van der Waals surface area contributed by atoms with Gasteiger partial charge < -0.3 is 4.98 Å². The van der Waals surface area contributed by atoms with Crippen LogP contribution in [-0.4, -0.2) is 10.9 Å². The third-order valence-corrected chi connectivity index (χ3v) is 1.10. The zero-order valence-corrected chi connectivity index (χ0v) is 6.44. The summed E-state index contributed by atoms with van der Waals surface area (Å²) in [4.78, 5) is 23.7. The van der Waals surface area contributed by atoms with Crippen LogP contribution in [0.1, 0.15) is 6.92 Å². The largest absolute Gasteiger partial charge is 0.327 e. The Hall–Kier alpha value is -1.78. The Kier molecular flexibility index (Phi) is 2.47. The molecular weight excluding hydrogens is 158 g/mol. The van der Waals surface area contributed by atoms with Gasteiger partial charge in [0.1, 0.15) is 0 Å². The molecule has 0 atom stereocenters. The zero-order valence-electron chi connectivity index (χ0n) is 6.44. The number of aromatic amines is 1. The molecule has 1 amide bonds. The lowest BCUT2D eigenvalue weighted by Gasteiger charge is -1.86. The molecule has 1 aromatic heterocycles. The van der Waals surface area contributed by atoms with Crippen molar-refractivity contribution in [2.45, 2.75) is 6.92 Å². The Labute approximate surface area is 68.2 Å². The van der Waals surface area contributed by atoms with Crippen LogP contribution in [0.3, 0.4) is 0 Å². The summed E-state index contributed by atoms with van der Waals surface area (Å²) in [5.41, 5.74) is -0.227. The van der Waals surface area contributed by atoms with E-state index in [1.807, 2.05) is 0 Å². The van der Waals surface area contributed by atoms with Crippen molar-refractivity contribution in [3.05, 3.63) is 28.7 Å². The Balaban J connectivity index is 2.97. The fourth-order valence-corrected chi connectivity index (χ4v) is 0.616. The molecule has 1 heterocycles. The fourth-order valence-electron chi connectivity index (χ4n) is 0.616. The van der Waals surface area contributed by atoms with E-state index in [0.29, 0.717) is 0 Å². The van der Waals surface area contributed by atoms with Crippen molar-refractivity contribution in [3.63, 3.8) is 0 Å². The Morgan fingerprint density at radius 1 is 1.58 bits per heavy atom. The smallest absolute Gasteiger partial charge is 0.275 e. The highest BCUT2D eigenvalue weighted by molar-refractivity contribution is 5.73. The maximum Gasteiger partial charge on any atom is 0.275 e. The highest BCUT2D eigenvalue weighted by Crippen LogP contribution is 2.01. The van der Waals surface area contributed by atoms with E-state index in [9.17, 15) is 9.59 Å². The lowest BCUT2D eigenvalue weighted by atomic mass is 10.4. The minimum atomic E-state index is -0.432. The number of pyridine rings is 1. The fraction of sp³-hybridized carbons (Fsp3) is 0.143. The van der Waals surface area contributed by atoms with Gasteiger partial charge in [0.05, 0.1) is 0 Å². The van der Waals surface area contributed by atoms with Gasteiger partial charge in [0, 0.05) is 13.1 Å². The van der Waals surface area contributed by atoms with Gasteiger partial charge in [-0.25, -0.2) is 0 Å². The van der Waals surface area contributed by atoms with Crippen molar-refractivity contribution in [3.8, 4) is 0 Å².